The predicted octanol–water partition coefficient (Wildman–Crippen LogP) is 3.25. The van der Waals surface area contributed by atoms with Crippen molar-refractivity contribution in [2.24, 2.45) is 0 Å². The van der Waals surface area contributed by atoms with Crippen molar-refractivity contribution in [2.75, 3.05) is 6.61 Å². The van der Waals surface area contributed by atoms with Crippen LogP contribution in [0.5, 0.6) is 0 Å². The molecule has 5 heteroatoms. The summed E-state index contributed by atoms with van der Waals surface area (Å²) in [6.07, 6.45) is 0. The van der Waals surface area contributed by atoms with E-state index in [9.17, 15) is 9.59 Å². The highest BCUT2D eigenvalue weighted by Gasteiger charge is 2.19. The molecule has 0 unspecified atom stereocenters. The largest absolute Gasteiger partial charge is 0.460 e. The average molecular weight is 323 g/mol. The first-order valence-corrected chi connectivity index (χ1v) is 6.49. The second-order valence-corrected chi connectivity index (χ2v) is 4.50. The molecule has 0 amide bonds. The zero-order valence-electron chi connectivity index (χ0n) is 10.2. The Balaban J connectivity index is 2.54. The van der Waals surface area contributed by atoms with E-state index in [1.807, 2.05) is 18.2 Å². The van der Waals surface area contributed by atoms with Crippen molar-refractivity contribution >= 4 is 21.9 Å². The van der Waals surface area contributed by atoms with Gasteiger partial charge in [0.2, 0.25) is 11.2 Å². The number of halogens is 1. The van der Waals surface area contributed by atoms with Crippen molar-refractivity contribution in [3.8, 4) is 11.3 Å². The number of hydrogen-bond donors (Lipinski definition) is 0. The van der Waals surface area contributed by atoms with E-state index in [1.54, 1.807) is 19.1 Å². The Morgan fingerprint density at radius 2 is 2.00 bits per heavy atom. The molecule has 19 heavy (non-hydrogen) atoms. The van der Waals surface area contributed by atoms with Crippen LogP contribution in [0.2, 0.25) is 0 Å². The second-order valence-electron chi connectivity index (χ2n) is 3.70. The van der Waals surface area contributed by atoms with Crippen LogP contribution < -0.4 is 5.43 Å². The third-order valence-corrected chi connectivity index (χ3v) is 3.16. The van der Waals surface area contributed by atoms with Crippen LogP contribution in [0, 0.1) is 0 Å². The van der Waals surface area contributed by atoms with Gasteiger partial charge in [0.1, 0.15) is 10.2 Å². The van der Waals surface area contributed by atoms with Crippen molar-refractivity contribution in [2.45, 2.75) is 6.92 Å². The van der Waals surface area contributed by atoms with Gasteiger partial charge in [0.25, 0.3) is 0 Å². The lowest BCUT2D eigenvalue weighted by Gasteiger charge is -2.06. The van der Waals surface area contributed by atoms with E-state index < -0.39 is 5.97 Å². The predicted molar refractivity (Wildman–Crippen MR) is 74.1 cm³/mol. The maximum Gasteiger partial charge on any atom is 0.375 e. The average Bonchev–Trinajstić information content (AvgIpc) is 2.43. The van der Waals surface area contributed by atoms with Crippen LogP contribution >= 0.6 is 15.9 Å². The fourth-order valence-electron chi connectivity index (χ4n) is 1.55. The molecular formula is C14H11BrO4. The van der Waals surface area contributed by atoms with Gasteiger partial charge in [-0.05, 0) is 22.9 Å². The van der Waals surface area contributed by atoms with Gasteiger partial charge in [0.15, 0.2) is 0 Å². The Morgan fingerprint density at radius 1 is 1.32 bits per heavy atom. The van der Waals surface area contributed by atoms with Crippen molar-refractivity contribution in [1.82, 2.24) is 0 Å². The Kier molecular flexibility index (Phi) is 4.16. The van der Waals surface area contributed by atoms with Crippen LogP contribution in [0.4, 0.5) is 0 Å². The minimum absolute atomic E-state index is 0.0747. The molecule has 0 N–H and O–H groups in total. The lowest BCUT2D eigenvalue weighted by molar-refractivity contribution is 0.0486. The maximum absolute atomic E-state index is 11.8. The number of hydrogen-bond acceptors (Lipinski definition) is 4. The van der Waals surface area contributed by atoms with E-state index >= 15 is 0 Å². The van der Waals surface area contributed by atoms with Crippen molar-refractivity contribution in [3.05, 3.63) is 56.9 Å². The minimum atomic E-state index is -0.663. The summed E-state index contributed by atoms with van der Waals surface area (Å²) in [6, 6.07) is 10.4. The molecule has 0 aliphatic rings. The van der Waals surface area contributed by atoms with Gasteiger partial charge in [-0.1, -0.05) is 30.3 Å². The number of esters is 1. The Bertz CT molecular complexity index is 646. The van der Waals surface area contributed by atoms with Gasteiger partial charge in [-0.15, -0.1) is 0 Å². The van der Waals surface area contributed by atoms with Gasteiger partial charge in [0.05, 0.1) is 6.61 Å². The van der Waals surface area contributed by atoms with Crippen LogP contribution in [0.25, 0.3) is 11.3 Å². The molecule has 1 aromatic carbocycles. The van der Waals surface area contributed by atoms with Crippen LogP contribution in [-0.2, 0) is 4.74 Å². The van der Waals surface area contributed by atoms with Gasteiger partial charge >= 0.3 is 5.97 Å². The van der Waals surface area contributed by atoms with E-state index in [0.29, 0.717) is 5.76 Å². The van der Waals surface area contributed by atoms with Crippen LogP contribution in [0.3, 0.4) is 0 Å². The maximum atomic E-state index is 11.8. The molecule has 0 saturated heterocycles. The summed E-state index contributed by atoms with van der Waals surface area (Å²) in [5.74, 6) is -0.450. The van der Waals surface area contributed by atoms with Crippen molar-refractivity contribution in [1.29, 1.82) is 0 Å². The normalized spacial score (nSPS) is 10.2. The molecule has 0 radical (unpaired) electrons. The molecule has 2 aromatic rings. The Labute approximate surface area is 118 Å². The number of rotatable bonds is 3. The topological polar surface area (TPSA) is 56.5 Å². The molecule has 0 spiro atoms. The fraction of sp³-hybridized carbons (Fsp3) is 0.143. The van der Waals surface area contributed by atoms with E-state index in [4.69, 9.17) is 9.15 Å². The van der Waals surface area contributed by atoms with E-state index in [1.165, 1.54) is 6.07 Å². The molecule has 0 bridgehead atoms. The highest BCUT2D eigenvalue weighted by molar-refractivity contribution is 9.10. The zero-order chi connectivity index (χ0) is 13.8. The Morgan fingerprint density at radius 3 is 2.63 bits per heavy atom. The molecule has 2 rings (SSSR count). The SMILES string of the molecule is CCOC(=O)c1oc(-c2ccccc2)cc(=O)c1Br. The highest BCUT2D eigenvalue weighted by Crippen LogP contribution is 2.23. The highest BCUT2D eigenvalue weighted by atomic mass is 79.9. The summed E-state index contributed by atoms with van der Waals surface area (Å²) < 4.78 is 10.4. The molecular weight excluding hydrogens is 312 g/mol. The second kappa shape index (κ2) is 5.84. The lowest BCUT2D eigenvalue weighted by Crippen LogP contribution is -2.12. The van der Waals surface area contributed by atoms with E-state index in [2.05, 4.69) is 15.9 Å². The summed E-state index contributed by atoms with van der Waals surface area (Å²) in [6.45, 7) is 1.90. The van der Waals surface area contributed by atoms with Gasteiger partial charge in [-0.2, -0.15) is 0 Å². The van der Waals surface area contributed by atoms with Crippen LogP contribution in [-0.4, -0.2) is 12.6 Å². The number of carbonyl (C=O) groups excluding carboxylic acids is 1. The fourth-order valence-corrected chi connectivity index (χ4v) is 1.91. The number of carbonyl (C=O) groups is 1. The molecule has 1 aromatic heterocycles. The molecule has 98 valence electrons. The lowest BCUT2D eigenvalue weighted by atomic mass is 10.1. The summed E-state index contributed by atoms with van der Waals surface area (Å²) in [5, 5.41) is 0. The smallest absolute Gasteiger partial charge is 0.375 e. The monoisotopic (exact) mass is 322 g/mol. The molecule has 0 aliphatic carbocycles. The summed E-state index contributed by atoms with van der Waals surface area (Å²) in [7, 11) is 0. The third-order valence-electron chi connectivity index (χ3n) is 2.41. The first-order valence-electron chi connectivity index (χ1n) is 5.69. The Hall–Kier alpha value is -1.88. The quantitative estimate of drug-likeness (QED) is 0.814. The summed E-state index contributed by atoms with van der Waals surface area (Å²) in [5.41, 5.74) is 0.394. The van der Waals surface area contributed by atoms with Gasteiger partial charge in [-0.3, -0.25) is 4.79 Å². The summed E-state index contributed by atoms with van der Waals surface area (Å²) in [4.78, 5) is 23.5. The van der Waals surface area contributed by atoms with Crippen LogP contribution in [0.15, 0.2) is 50.1 Å². The molecule has 1 heterocycles. The van der Waals surface area contributed by atoms with Gasteiger partial charge in [-0.25, -0.2) is 4.79 Å². The van der Waals surface area contributed by atoms with Crippen molar-refractivity contribution in [3.63, 3.8) is 0 Å². The third kappa shape index (κ3) is 2.93. The van der Waals surface area contributed by atoms with Gasteiger partial charge in [0, 0.05) is 11.6 Å². The van der Waals surface area contributed by atoms with Gasteiger partial charge < -0.3 is 9.15 Å². The molecule has 4 nitrogen and oxygen atoms in total. The van der Waals surface area contributed by atoms with Crippen LogP contribution in [0.1, 0.15) is 17.5 Å². The minimum Gasteiger partial charge on any atom is -0.460 e. The van der Waals surface area contributed by atoms with E-state index in [-0.39, 0.29) is 22.3 Å². The molecule has 0 saturated carbocycles. The van der Waals surface area contributed by atoms with E-state index in [0.717, 1.165) is 5.56 Å². The summed E-state index contributed by atoms with van der Waals surface area (Å²) >= 11 is 3.05. The molecule has 0 atom stereocenters. The first-order chi connectivity index (χ1) is 9.13. The zero-order valence-corrected chi connectivity index (χ0v) is 11.8. The number of ether oxygens (including phenoxy) is 1. The first kappa shape index (κ1) is 13.5. The van der Waals surface area contributed by atoms with Crippen molar-refractivity contribution < 1.29 is 13.9 Å². The molecule has 0 aliphatic heterocycles. The standard InChI is InChI=1S/C14H11BrO4/c1-2-18-14(17)13-12(15)10(16)8-11(19-13)9-6-4-3-5-7-9/h3-8H,2H2,1H3. The molecule has 0 fully saturated rings. The number of benzene rings is 1.